The molecule has 0 aromatic heterocycles. The van der Waals surface area contributed by atoms with E-state index in [9.17, 15) is 18.0 Å². The zero-order valence-corrected chi connectivity index (χ0v) is 9.55. The summed E-state index contributed by atoms with van der Waals surface area (Å²) in [5, 5.41) is 2.55. The van der Waals surface area contributed by atoms with Crippen molar-refractivity contribution in [1.29, 1.82) is 0 Å². The van der Waals surface area contributed by atoms with Crippen molar-refractivity contribution in [3.05, 3.63) is 0 Å². The van der Waals surface area contributed by atoms with Gasteiger partial charge in [0.15, 0.2) is 0 Å². The molecule has 0 aromatic rings. The summed E-state index contributed by atoms with van der Waals surface area (Å²) < 4.78 is 44.8. The fourth-order valence-corrected chi connectivity index (χ4v) is 1.64. The summed E-state index contributed by atoms with van der Waals surface area (Å²) in [5.41, 5.74) is 0. The van der Waals surface area contributed by atoms with E-state index in [4.69, 9.17) is 4.74 Å². The van der Waals surface area contributed by atoms with Crippen molar-refractivity contribution in [1.82, 2.24) is 5.32 Å². The molecule has 1 N–H and O–H groups in total. The number of rotatable bonds is 5. The van der Waals surface area contributed by atoms with Gasteiger partial charge in [-0.3, -0.25) is 4.79 Å². The molecule has 7 heteroatoms. The molecule has 0 spiro atoms. The van der Waals surface area contributed by atoms with Gasteiger partial charge in [-0.05, 0) is 19.8 Å². The van der Waals surface area contributed by atoms with E-state index in [1.54, 1.807) is 6.92 Å². The maximum absolute atomic E-state index is 11.7. The SMILES string of the molecule is C[C@@H](NC(=O)COCC(F)(F)F)[C@H]1CCCO1. The Morgan fingerprint density at radius 1 is 1.59 bits per heavy atom. The van der Waals surface area contributed by atoms with Gasteiger partial charge in [0.25, 0.3) is 0 Å². The Kier molecular flexibility index (Phi) is 5.20. The number of hydrogen-bond acceptors (Lipinski definition) is 3. The van der Waals surface area contributed by atoms with Crippen molar-refractivity contribution >= 4 is 5.91 Å². The molecule has 17 heavy (non-hydrogen) atoms. The van der Waals surface area contributed by atoms with Crippen LogP contribution in [0.5, 0.6) is 0 Å². The first-order valence-electron chi connectivity index (χ1n) is 5.44. The zero-order chi connectivity index (χ0) is 12.9. The maximum Gasteiger partial charge on any atom is 0.411 e. The Labute approximate surface area is 97.5 Å². The molecular formula is C10H16F3NO3. The lowest BCUT2D eigenvalue weighted by atomic mass is 10.1. The van der Waals surface area contributed by atoms with Crippen LogP contribution < -0.4 is 5.32 Å². The van der Waals surface area contributed by atoms with Crippen molar-refractivity contribution in [3.63, 3.8) is 0 Å². The molecule has 4 nitrogen and oxygen atoms in total. The fraction of sp³-hybridized carbons (Fsp3) is 0.900. The molecule has 1 aliphatic rings. The highest BCUT2D eigenvalue weighted by Gasteiger charge is 2.28. The maximum atomic E-state index is 11.7. The third-order valence-corrected chi connectivity index (χ3v) is 2.41. The van der Waals surface area contributed by atoms with Crippen LogP contribution in [0.15, 0.2) is 0 Å². The van der Waals surface area contributed by atoms with Crippen LogP contribution in [-0.2, 0) is 14.3 Å². The zero-order valence-electron chi connectivity index (χ0n) is 9.55. The van der Waals surface area contributed by atoms with Crippen LogP contribution in [0.1, 0.15) is 19.8 Å². The van der Waals surface area contributed by atoms with Crippen LogP contribution in [0.4, 0.5) is 13.2 Å². The molecule has 0 aliphatic carbocycles. The quantitative estimate of drug-likeness (QED) is 0.804. The molecule has 1 aliphatic heterocycles. The van der Waals surface area contributed by atoms with Gasteiger partial charge in [0, 0.05) is 6.61 Å². The van der Waals surface area contributed by atoms with Crippen molar-refractivity contribution in [2.45, 2.75) is 38.1 Å². The highest BCUT2D eigenvalue weighted by molar-refractivity contribution is 5.77. The molecule has 1 amide bonds. The lowest BCUT2D eigenvalue weighted by Gasteiger charge is -2.20. The smallest absolute Gasteiger partial charge is 0.376 e. The first kappa shape index (κ1) is 14.2. The number of amides is 1. The topological polar surface area (TPSA) is 47.6 Å². The Morgan fingerprint density at radius 2 is 2.29 bits per heavy atom. The summed E-state index contributed by atoms with van der Waals surface area (Å²) in [6.07, 6.45) is -2.66. The van der Waals surface area contributed by atoms with E-state index in [1.165, 1.54) is 0 Å². The first-order valence-corrected chi connectivity index (χ1v) is 5.44. The molecule has 0 aromatic carbocycles. The van der Waals surface area contributed by atoms with Gasteiger partial charge in [-0.2, -0.15) is 13.2 Å². The molecular weight excluding hydrogens is 239 g/mol. The van der Waals surface area contributed by atoms with Gasteiger partial charge < -0.3 is 14.8 Å². The molecule has 0 unspecified atom stereocenters. The van der Waals surface area contributed by atoms with E-state index in [-0.39, 0.29) is 12.1 Å². The minimum absolute atomic E-state index is 0.0541. The molecule has 1 heterocycles. The number of ether oxygens (including phenoxy) is 2. The molecule has 0 radical (unpaired) electrons. The molecule has 2 atom stereocenters. The third-order valence-electron chi connectivity index (χ3n) is 2.41. The van der Waals surface area contributed by atoms with E-state index in [0.29, 0.717) is 6.61 Å². The van der Waals surface area contributed by atoms with E-state index < -0.39 is 25.3 Å². The van der Waals surface area contributed by atoms with Gasteiger partial charge in [0.1, 0.15) is 13.2 Å². The van der Waals surface area contributed by atoms with E-state index in [2.05, 4.69) is 10.1 Å². The van der Waals surface area contributed by atoms with Crippen LogP contribution in [-0.4, -0.2) is 44.0 Å². The second kappa shape index (κ2) is 6.20. The van der Waals surface area contributed by atoms with E-state index in [0.717, 1.165) is 12.8 Å². The molecule has 0 saturated carbocycles. The van der Waals surface area contributed by atoms with Crippen LogP contribution in [0.25, 0.3) is 0 Å². The summed E-state index contributed by atoms with van der Waals surface area (Å²) in [5.74, 6) is -0.558. The molecule has 1 rings (SSSR count). The molecule has 1 fully saturated rings. The van der Waals surface area contributed by atoms with E-state index in [1.807, 2.05) is 0 Å². The molecule has 100 valence electrons. The lowest BCUT2D eigenvalue weighted by molar-refractivity contribution is -0.175. The second-order valence-corrected chi connectivity index (χ2v) is 4.02. The first-order chi connectivity index (χ1) is 7.88. The number of alkyl halides is 3. The van der Waals surface area contributed by atoms with Gasteiger partial charge in [-0.25, -0.2) is 0 Å². The number of nitrogens with one attached hydrogen (secondary N) is 1. The van der Waals surface area contributed by atoms with Crippen molar-refractivity contribution in [2.24, 2.45) is 0 Å². The molecule has 1 saturated heterocycles. The van der Waals surface area contributed by atoms with Crippen molar-refractivity contribution < 1.29 is 27.4 Å². The number of carbonyl (C=O) groups excluding carboxylic acids is 1. The highest BCUT2D eigenvalue weighted by atomic mass is 19.4. The number of carbonyl (C=O) groups is 1. The van der Waals surface area contributed by atoms with Crippen molar-refractivity contribution in [2.75, 3.05) is 19.8 Å². The van der Waals surface area contributed by atoms with Crippen LogP contribution in [0.3, 0.4) is 0 Å². The minimum Gasteiger partial charge on any atom is -0.376 e. The predicted octanol–water partition coefficient (Wildman–Crippen LogP) is 1.25. The summed E-state index contributed by atoms with van der Waals surface area (Å²) in [4.78, 5) is 11.2. The Hall–Kier alpha value is -0.820. The average molecular weight is 255 g/mol. The number of halogens is 3. The Balaban J connectivity index is 2.15. The fourth-order valence-electron chi connectivity index (χ4n) is 1.64. The van der Waals surface area contributed by atoms with Gasteiger partial charge in [-0.15, -0.1) is 0 Å². The van der Waals surface area contributed by atoms with Gasteiger partial charge >= 0.3 is 6.18 Å². The van der Waals surface area contributed by atoms with Gasteiger partial charge in [0.05, 0.1) is 12.1 Å². The average Bonchev–Trinajstić information content (AvgIpc) is 2.67. The Bertz CT molecular complexity index is 252. The van der Waals surface area contributed by atoms with Crippen LogP contribution in [0.2, 0.25) is 0 Å². The summed E-state index contributed by atoms with van der Waals surface area (Å²) in [6.45, 7) is 0.429. The largest absolute Gasteiger partial charge is 0.411 e. The van der Waals surface area contributed by atoms with Gasteiger partial charge in [-0.1, -0.05) is 0 Å². The highest BCUT2D eigenvalue weighted by Crippen LogP contribution is 2.16. The second-order valence-electron chi connectivity index (χ2n) is 4.02. The third kappa shape index (κ3) is 5.88. The summed E-state index contributed by atoms with van der Waals surface area (Å²) >= 11 is 0. The normalized spacial score (nSPS) is 22.5. The Morgan fingerprint density at radius 3 is 2.82 bits per heavy atom. The van der Waals surface area contributed by atoms with Crippen LogP contribution >= 0.6 is 0 Å². The number of hydrogen-bond donors (Lipinski definition) is 1. The van der Waals surface area contributed by atoms with Gasteiger partial charge in [0.2, 0.25) is 5.91 Å². The summed E-state index contributed by atoms with van der Waals surface area (Å²) in [7, 11) is 0. The monoisotopic (exact) mass is 255 g/mol. The van der Waals surface area contributed by atoms with Crippen LogP contribution in [0, 0.1) is 0 Å². The summed E-state index contributed by atoms with van der Waals surface area (Å²) in [6, 6.07) is -0.209. The lowest BCUT2D eigenvalue weighted by Crippen LogP contribution is -2.42. The minimum atomic E-state index is -4.40. The molecule has 0 bridgehead atoms. The van der Waals surface area contributed by atoms with E-state index >= 15 is 0 Å². The van der Waals surface area contributed by atoms with Crippen molar-refractivity contribution in [3.8, 4) is 0 Å². The predicted molar refractivity (Wildman–Crippen MR) is 53.5 cm³/mol. The standard InChI is InChI=1S/C10H16F3NO3/c1-7(8-3-2-4-17-8)14-9(15)5-16-6-10(11,12)13/h7-8H,2-6H2,1H3,(H,14,15)/t7-,8-/m1/s1.